The topological polar surface area (TPSA) is 55.8 Å². The number of esters is 1. The summed E-state index contributed by atoms with van der Waals surface area (Å²) >= 11 is 5.96. The number of rotatable bonds is 5. The molecule has 1 rings (SSSR count). The molecule has 5 heteroatoms. The van der Waals surface area contributed by atoms with Gasteiger partial charge in [-0.2, -0.15) is 0 Å². The van der Waals surface area contributed by atoms with Crippen LogP contribution in [0.4, 0.5) is 0 Å². The zero-order valence-electron chi connectivity index (χ0n) is 10.7. The van der Waals surface area contributed by atoms with Crippen LogP contribution in [-0.4, -0.2) is 24.8 Å². The molecule has 1 aromatic rings. The molecule has 1 aromatic carbocycles. The van der Waals surface area contributed by atoms with Crippen LogP contribution in [0, 0.1) is 0 Å². The summed E-state index contributed by atoms with van der Waals surface area (Å²) in [5.41, 5.74) is 1.17. The lowest BCUT2D eigenvalue weighted by Gasteiger charge is -2.17. The third-order valence-corrected chi connectivity index (χ3v) is 2.77. The van der Waals surface area contributed by atoms with Crippen molar-refractivity contribution in [3.05, 3.63) is 28.3 Å². The van der Waals surface area contributed by atoms with E-state index in [-0.39, 0.29) is 6.61 Å². The van der Waals surface area contributed by atoms with Gasteiger partial charge in [0.1, 0.15) is 5.75 Å². The second-order valence-corrected chi connectivity index (χ2v) is 4.13. The summed E-state index contributed by atoms with van der Waals surface area (Å²) in [6.45, 7) is 3.82. The molecule has 0 fully saturated rings. The van der Waals surface area contributed by atoms with Crippen LogP contribution >= 0.6 is 11.6 Å². The zero-order valence-corrected chi connectivity index (χ0v) is 11.5. The van der Waals surface area contributed by atoms with E-state index in [1.54, 1.807) is 13.0 Å². The fraction of sp³-hybridized carbons (Fsp3) is 0.462. The van der Waals surface area contributed by atoms with Crippen LogP contribution in [0.2, 0.25) is 5.02 Å². The van der Waals surface area contributed by atoms with E-state index in [1.165, 1.54) is 13.2 Å². The Labute approximate surface area is 111 Å². The van der Waals surface area contributed by atoms with Crippen LogP contribution in [0.15, 0.2) is 12.1 Å². The molecule has 0 amide bonds. The Bertz CT molecular complexity index is 431. The molecular weight excluding hydrogens is 256 g/mol. The first-order valence-corrected chi connectivity index (χ1v) is 6.13. The number of benzene rings is 1. The molecule has 0 bridgehead atoms. The van der Waals surface area contributed by atoms with E-state index in [4.69, 9.17) is 21.1 Å². The summed E-state index contributed by atoms with van der Waals surface area (Å²) in [6.07, 6.45) is -0.698. The monoisotopic (exact) mass is 272 g/mol. The minimum atomic E-state index is -1.39. The number of hydrogen-bond donors (Lipinski definition) is 1. The van der Waals surface area contributed by atoms with E-state index in [1.807, 2.05) is 6.92 Å². The number of ether oxygens (including phenoxy) is 2. The fourth-order valence-electron chi connectivity index (χ4n) is 1.74. The molecule has 0 saturated carbocycles. The van der Waals surface area contributed by atoms with Gasteiger partial charge in [-0.05, 0) is 31.0 Å². The third kappa shape index (κ3) is 3.15. The van der Waals surface area contributed by atoms with Gasteiger partial charge in [-0.15, -0.1) is 0 Å². The van der Waals surface area contributed by atoms with Crippen LogP contribution in [0.5, 0.6) is 5.75 Å². The number of aliphatic hydroxyl groups is 1. The summed E-state index contributed by atoms with van der Waals surface area (Å²) in [7, 11) is 1.49. The molecule has 0 aromatic heterocycles. The lowest BCUT2D eigenvalue weighted by Crippen LogP contribution is -2.16. The first-order chi connectivity index (χ1) is 8.54. The Morgan fingerprint density at radius 2 is 2.11 bits per heavy atom. The van der Waals surface area contributed by atoms with Crippen molar-refractivity contribution in [2.45, 2.75) is 26.4 Å². The summed E-state index contributed by atoms with van der Waals surface area (Å²) in [5.74, 6) is -0.234. The lowest BCUT2D eigenvalue weighted by molar-refractivity contribution is -0.153. The Morgan fingerprint density at radius 3 is 2.61 bits per heavy atom. The van der Waals surface area contributed by atoms with Gasteiger partial charge in [-0.1, -0.05) is 18.5 Å². The SMILES string of the molecule is CCOC(=O)C(O)c1cc(Cl)cc(CC)c1OC. The normalized spacial score (nSPS) is 12.1. The van der Waals surface area contributed by atoms with E-state index < -0.39 is 12.1 Å². The van der Waals surface area contributed by atoms with Crippen molar-refractivity contribution < 1.29 is 19.4 Å². The van der Waals surface area contributed by atoms with Gasteiger partial charge in [-0.25, -0.2) is 4.79 Å². The molecule has 0 aliphatic carbocycles. The van der Waals surface area contributed by atoms with Crippen LogP contribution in [0.25, 0.3) is 0 Å². The van der Waals surface area contributed by atoms with E-state index in [0.29, 0.717) is 22.8 Å². The number of aryl methyl sites for hydroxylation is 1. The second kappa shape index (κ2) is 6.61. The standard InChI is InChI=1S/C13H17ClO4/c1-4-8-6-9(14)7-10(12(8)17-3)11(15)13(16)18-5-2/h6-7,11,15H,4-5H2,1-3H3. The lowest BCUT2D eigenvalue weighted by atomic mass is 10.0. The van der Waals surface area contributed by atoms with Gasteiger partial charge in [0.15, 0.2) is 6.10 Å². The molecule has 1 N–H and O–H groups in total. The number of carbonyl (C=O) groups excluding carboxylic acids is 1. The average molecular weight is 273 g/mol. The van der Waals surface area contributed by atoms with Crippen molar-refractivity contribution >= 4 is 17.6 Å². The molecule has 0 aliphatic rings. The average Bonchev–Trinajstić information content (AvgIpc) is 2.36. The molecule has 4 nitrogen and oxygen atoms in total. The largest absolute Gasteiger partial charge is 0.496 e. The highest BCUT2D eigenvalue weighted by Gasteiger charge is 2.24. The minimum Gasteiger partial charge on any atom is -0.496 e. The molecule has 0 saturated heterocycles. The smallest absolute Gasteiger partial charge is 0.339 e. The van der Waals surface area contributed by atoms with Crippen molar-refractivity contribution in [3.8, 4) is 5.75 Å². The van der Waals surface area contributed by atoms with Gasteiger partial charge in [0, 0.05) is 10.6 Å². The van der Waals surface area contributed by atoms with Gasteiger partial charge >= 0.3 is 5.97 Å². The van der Waals surface area contributed by atoms with Crippen LogP contribution < -0.4 is 4.74 Å². The molecule has 1 unspecified atom stereocenters. The predicted octanol–water partition coefficient (Wildman–Crippen LogP) is 2.51. The Kier molecular flexibility index (Phi) is 5.44. The van der Waals surface area contributed by atoms with Gasteiger partial charge in [0.2, 0.25) is 0 Å². The van der Waals surface area contributed by atoms with Gasteiger partial charge < -0.3 is 14.6 Å². The second-order valence-electron chi connectivity index (χ2n) is 3.70. The quantitative estimate of drug-likeness (QED) is 0.837. The highest BCUT2D eigenvalue weighted by Crippen LogP contribution is 2.33. The number of hydrogen-bond acceptors (Lipinski definition) is 4. The van der Waals surface area contributed by atoms with Crippen molar-refractivity contribution in [1.29, 1.82) is 0 Å². The van der Waals surface area contributed by atoms with Gasteiger partial charge in [0.25, 0.3) is 0 Å². The fourth-order valence-corrected chi connectivity index (χ4v) is 1.99. The van der Waals surface area contributed by atoms with Gasteiger partial charge in [0.05, 0.1) is 13.7 Å². The maximum Gasteiger partial charge on any atom is 0.339 e. The predicted molar refractivity (Wildman–Crippen MR) is 69.0 cm³/mol. The number of halogens is 1. The van der Waals surface area contributed by atoms with Crippen molar-refractivity contribution in [2.24, 2.45) is 0 Å². The Balaban J connectivity index is 3.21. The molecule has 100 valence electrons. The first-order valence-electron chi connectivity index (χ1n) is 5.76. The number of aliphatic hydroxyl groups excluding tert-OH is 1. The molecule has 1 atom stereocenters. The summed E-state index contributed by atoms with van der Waals surface area (Å²) in [6, 6.07) is 3.27. The van der Waals surface area contributed by atoms with Crippen molar-refractivity contribution in [2.75, 3.05) is 13.7 Å². The molecule has 18 heavy (non-hydrogen) atoms. The van der Waals surface area contributed by atoms with Gasteiger partial charge in [-0.3, -0.25) is 0 Å². The summed E-state index contributed by atoms with van der Waals surface area (Å²) in [5, 5.41) is 10.4. The van der Waals surface area contributed by atoms with Crippen molar-refractivity contribution in [3.63, 3.8) is 0 Å². The molecule has 0 spiro atoms. The highest BCUT2D eigenvalue weighted by molar-refractivity contribution is 6.30. The number of methoxy groups -OCH3 is 1. The van der Waals surface area contributed by atoms with E-state index in [0.717, 1.165) is 5.56 Å². The highest BCUT2D eigenvalue weighted by atomic mass is 35.5. The molecule has 0 aliphatic heterocycles. The van der Waals surface area contributed by atoms with Crippen LogP contribution in [-0.2, 0) is 16.0 Å². The zero-order chi connectivity index (χ0) is 13.7. The van der Waals surface area contributed by atoms with Crippen LogP contribution in [0.3, 0.4) is 0 Å². The molecular formula is C13H17ClO4. The molecule has 0 heterocycles. The van der Waals surface area contributed by atoms with Crippen molar-refractivity contribution in [1.82, 2.24) is 0 Å². The van der Waals surface area contributed by atoms with Crippen LogP contribution in [0.1, 0.15) is 31.1 Å². The van der Waals surface area contributed by atoms with E-state index >= 15 is 0 Å². The third-order valence-electron chi connectivity index (χ3n) is 2.55. The molecule has 0 radical (unpaired) electrons. The van der Waals surface area contributed by atoms with E-state index in [9.17, 15) is 9.90 Å². The number of carbonyl (C=O) groups is 1. The Morgan fingerprint density at radius 1 is 1.44 bits per heavy atom. The summed E-state index contributed by atoms with van der Waals surface area (Å²) < 4.78 is 10.0. The maximum absolute atomic E-state index is 11.6. The maximum atomic E-state index is 11.6. The van der Waals surface area contributed by atoms with E-state index in [2.05, 4.69) is 0 Å². The first kappa shape index (κ1) is 14.8. The minimum absolute atomic E-state index is 0.208. The Hall–Kier alpha value is -1.26. The summed E-state index contributed by atoms with van der Waals surface area (Å²) in [4.78, 5) is 11.6.